The van der Waals surface area contributed by atoms with Gasteiger partial charge in [-0.3, -0.25) is 14.5 Å². The summed E-state index contributed by atoms with van der Waals surface area (Å²) in [5.41, 5.74) is 4.74. The molecule has 1 aromatic heterocycles. The summed E-state index contributed by atoms with van der Waals surface area (Å²) in [6.07, 6.45) is 5.50. The number of thiazole rings is 1. The minimum atomic E-state index is -0.918. The maximum Gasteiger partial charge on any atom is 0.303 e. The SMILES string of the molecule is C#CC(=O)N(c1ccc2ncsc2c1)C(C(=O)NCc1ccccc1)c1ccccc1. The number of carbonyl (C=O) groups excluding carboxylic acids is 2. The van der Waals surface area contributed by atoms with Crippen LogP contribution in [0.15, 0.2) is 84.4 Å². The van der Waals surface area contributed by atoms with Gasteiger partial charge in [-0.2, -0.15) is 0 Å². The summed E-state index contributed by atoms with van der Waals surface area (Å²) in [6, 6.07) is 23.3. The van der Waals surface area contributed by atoms with Gasteiger partial charge < -0.3 is 5.32 Å². The van der Waals surface area contributed by atoms with Crippen molar-refractivity contribution < 1.29 is 9.59 Å². The van der Waals surface area contributed by atoms with Crippen molar-refractivity contribution in [2.75, 3.05) is 4.90 Å². The molecule has 0 fully saturated rings. The molecule has 3 aromatic carbocycles. The highest BCUT2D eigenvalue weighted by molar-refractivity contribution is 7.16. The third-order valence-electron chi connectivity index (χ3n) is 4.87. The Morgan fingerprint density at radius 1 is 1.03 bits per heavy atom. The number of nitrogens with one attached hydrogen (secondary N) is 1. The Balaban J connectivity index is 1.74. The minimum Gasteiger partial charge on any atom is -0.350 e. The third-order valence-corrected chi connectivity index (χ3v) is 5.66. The Labute approximate surface area is 184 Å². The first-order chi connectivity index (χ1) is 15.2. The van der Waals surface area contributed by atoms with E-state index in [0.717, 1.165) is 15.8 Å². The number of hydrogen-bond donors (Lipinski definition) is 1. The van der Waals surface area contributed by atoms with Gasteiger partial charge in [-0.1, -0.05) is 60.7 Å². The quantitative estimate of drug-likeness (QED) is 0.468. The number of fused-ring (bicyclic) bond motifs is 1. The van der Waals surface area contributed by atoms with E-state index in [4.69, 9.17) is 6.42 Å². The highest BCUT2D eigenvalue weighted by Crippen LogP contribution is 2.31. The second-order valence-corrected chi connectivity index (χ2v) is 7.73. The van der Waals surface area contributed by atoms with Gasteiger partial charge in [-0.25, -0.2) is 4.98 Å². The first-order valence-corrected chi connectivity index (χ1v) is 10.5. The Kier molecular flexibility index (Phi) is 6.06. The predicted octanol–water partition coefficient (Wildman–Crippen LogP) is 4.32. The molecule has 4 aromatic rings. The van der Waals surface area contributed by atoms with Crippen LogP contribution < -0.4 is 10.2 Å². The van der Waals surface area contributed by atoms with Crippen LogP contribution in [0.25, 0.3) is 10.2 Å². The van der Waals surface area contributed by atoms with E-state index in [9.17, 15) is 9.59 Å². The highest BCUT2D eigenvalue weighted by Gasteiger charge is 2.32. The number of rotatable bonds is 6. The lowest BCUT2D eigenvalue weighted by Gasteiger charge is -2.30. The summed E-state index contributed by atoms with van der Waals surface area (Å²) in [5, 5.41) is 2.95. The number of amides is 2. The lowest BCUT2D eigenvalue weighted by atomic mass is 10.0. The van der Waals surface area contributed by atoms with E-state index in [1.54, 1.807) is 11.6 Å². The number of anilines is 1. The van der Waals surface area contributed by atoms with Crippen molar-refractivity contribution in [3.63, 3.8) is 0 Å². The zero-order valence-corrected chi connectivity index (χ0v) is 17.4. The van der Waals surface area contributed by atoms with Crippen LogP contribution in [0.1, 0.15) is 17.2 Å². The molecule has 0 saturated carbocycles. The zero-order valence-electron chi connectivity index (χ0n) is 16.6. The fraction of sp³-hybridized carbons (Fsp3) is 0.0800. The molecule has 152 valence electrons. The molecule has 6 heteroatoms. The van der Waals surface area contributed by atoms with E-state index in [1.165, 1.54) is 16.2 Å². The van der Waals surface area contributed by atoms with Crippen molar-refractivity contribution in [3.8, 4) is 12.3 Å². The van der Waals surface area contributed by atoms with Crippen LogP contribution in [0.2, 0.25) is 0 Å². The molecule has 5 nitrogen and oxygen atoms in total. The van der Waals surface area contributed by atoms with Gasteiger partial charge in [0, 0.05) is 12.2 Å². The second kappa shape index (κ2) is 9.24. The first kappa shape index (κ1) is 20.3. The van der Waals surface area contributed by atoms with Crippen LogP contribution in [0.3, 0.4) is 0 Å². The lowest BCUT2D eigenvalue weighted by molar-refractivity contribution is -0.125. The van der Waals surface area contributed by atoms with Crippen molar-refractivity contribution in [2.45, 2.75) is 12.6 Å². The summed E-state index contributed by atoms with van der Waals surface area (Å²) in [6.45, 7) is 0.342. The van der Waals surface area contributed by atoms with Crippen LogP contribution in [0.4, 0.5) is 5.69 Å². The minimum absolute atomic E-state index is 0.317. The average molecular weight is 426 g/mol. The van der Waals surface area contributed by atoms with E-state index in [0.29, 0.717) is 17.8 Å². The molecule has 0 aliphatic rings. The van der Waals surface area contributed by atoms with Gasteiger partial charge in [0.1, 0.15) is 6.04 Å². The van der Waals surface area contributed by atoms with Crippen molar-refractivity contribution in [1.82, 2.24) is 10.3 Å². The van der Waals surface area contributed by atoms with Gasteiger partial charge in [-0.05, 0) is 35.2 Å². The van der Waals surface area contributed by atoms with Gasteiger partial charge >= 0.3 is 5.91 Å². The van der Waals surface area contributed by atoms with Crippen molar-refractivity contribution in [2.24, 2.45) is 0 Å². The molecule has 0 radical (unpaired) electrons. The molecule has 0 aliphatic heterocycles. The number of hydrogen-bond acceptors (Lipinski definition) is 4. The molecule has 0 spiro atoms. The molecule has 0 saturated heterocycles. The van der Waals surface area contributed by atoms with Gasteiger partial charge in [0.25, 0.3) is 0 Å². The first-order valence-electron chi connectivity index (χ1n) is 9.67. The van der Waals surface area contributed by atoms with Crippen LogP contribution in [-0.2, 0) is 16.1 Å². The van der Waals surface area contributed by atoms with Gasteiger partial charge in [0.2, 0.25) is 5.91 Å². The van der Waals surface area contributed by atoms with Gasteiger partial charge in [0.05, 0.1) is 15.7 Å². The lowest BCUT2D eigenvalue weighted by Crippen LogP contribution is -2.43. The molecule has 1 N–H and O–H groups in total. The Morgan fingerprint density at radius 3 is 2.45 bits per heavy atom. The van der Waals surface area contributed by atoms with E-state index >= 15 is 0 Å². The van der Waals surface area contributed by atoms with Crippen molar-refractivity contribution in [3.05, 3.63) is 95.5 Å². The summed E-state index contributed by atoms with van der Waals surface area (Å²) in [4.78, 5) is 31.9. The molecular weight excluding hydrogens is 406 g/mol. The van der Waals surface area contributed by atoms with Crippen molar-refractivity contribution in [1.29, 1.82) is 0 Å². The van der Waals surface area contributed by atoms with Crippen LogP contribution >= 0.6 is 11.3 Å². The molecule has 0 bridgehead atoms. The van der Waals surface area contributed by atoms with Crippen LogP contribution in [-0.4, -0.2) is 16.8 Å². The Morgan fingerprint density at radius 2 is 1.74 bits per heavy atom. The van der Waals surface area contributed by atoms with Crippen LogP contribution in [0.5, 0.6) is 0 Å². The van der Waals surface area contributed by atoms with E-state index in [2.05, 4.69) is 16.2 Å². The molecule has 4 rings (SSSR count). The number of aromatic nitrogens is 1. The third kappa shape index (κ3) is 4.47. The maximum absolute atomic E-state index is 13.4. The smallest absolute Gasteiger partial charge is 0.303 e. The molecular formula is C25H19N3O2S. The fourth-order valence-corrected chi connectivity index (χ4v) is 4.09. The number of carbonyl (C=O) groups is 2. The summed E-state index contributed by atoms with van der Waals surface area (Å²) < 4.78 is 0.906. The summed E-state index contributed by atoms with van der Waals surface area (Å²) in [5.74, 6) is 1.27. The Bertz CT molecular complexity index is 1250. The Hall–Kier alpha value is -3.95. The van der Waals surface area contributed by atoms with E-state index in [1.807, 2.05) is 72.8 Å². The normalized spacial score (nSPS) is 11.5. The van der Waals surface area contributed by atoms with E-state index in [-0.39, 0.29) is 5.91 Å². The highest BCUT2D eigenvalue weighted by atomic mass is 32.1. The predicted molar refractivity (Wildman–Crippen MR) is 123 cm³/mol. The molecule has 1 unspecified atom stereocenters. The van der Waals surface area contributed by atoms with Crippen LogP contribution in [0, 0.1) is 12.3 Å². The van der Waals surface area contributed by atoms with Crippen molar-refractivity contribution >= 4 is 39.1 Å². The number of benzene rings is 3. The monoisotopic (exact) mass is 425 g/mol. The average Bonchev–Trinajstić information content (AvgIpc) is 3.29. The molecule has 0 aliphatic carbocycles. The maximum atomic E-state index is 13.4. The molecule has 31 heavy (non-hydrogen) atoms. The second-order valence-electron chi connectivity index (χ2n) is 6.84. The number of terminal acetylenes is 1. The molecule has 1 atom stereocenters. The standard InChI is InChI=1S/C25H19N3O2S/c1-2-23(29)28(20-13-14-21-22(15-20)31-17-27-21)24(19-11-7-4-8-12-19)25(30)26-16-18-9-5-3-6-10-18/h1,3-15,17,24H,16H2,(H,26,30). The fourth-order valence-electron chi connectivity index (χ4n) is 3.38. The van der Waals surface area contributed by atoms with E-state index < -0.39 is 11.9 Å². The molecule has 1 heterocycles. The zero-order chi connectivity index (χ0) is 21.6. The molecule has 2 amide bonds. The van der Waals surface area contributed by atoms with Gasteiger partial charge in [-0.15, -0.1) is 17.8 Å². The topological polar surface area (TPSA) is 62.3 Å². The summed E-state index contributed by atoms with van der Waals surface area (Å²) in [7, 11) is 0. The number of nitrogens with zero attached hydrogens (tertiary/aromatic N) is 2. The van der Waals surface area contributed by atoms with Gasteiger partial charge in [0.15, 0.2) is 0 Å². The largest absolute Gasteiger partial charge is 0.350 e. The summed E-state index contributed by atoms with van der Waals surface area (Å²) >= 11 is 1.46.